The van der Waals surface area contributed by atoms with Gasteiger partial charge in [-0.1, -0.05) is 0 Å². The summed E-state index contributed by atoms with van der Waals surface area (Å²) < 4.78 is 1.28. The Hall–Kier alpha value is -0.750. The second-order valence-electron chi connectivity index (χ2n) is 2.71. The smallest absolute Gasteiger partial charge is 0.283 e. The van der Waals surface area contributed by atoms with Crippen molar-refractivity contribution in [1.29, 1.82) is 5.26 Å². The molecule has 0 amide bonds. The third-order valence-electron chi connectivity index (χ3n) is 2.68. The number of nitriles is 1. The van der Waals surface area contributed by atoms with E-state index in [4.69, 9.17) is 10.4 Å². The summed E-state index contributed by atoms with van der Waals surface area (Å²) in [5, 5.41) is 13.8. The standard InChI is InChI=1S/C8H20N.CHNO/c1-5-9(6-2,7-3)8-4;2-1-3/h5-8H2,1-4H3;3H/q+1;. The van der Waals surface area contributed by atoms with Crippen molar-refractivity contribution in [2.45, 2.75) is 27.7 Å². The lowest BCUT2D eigenvalue weighted by atomic mass is 10.3. The Morgan fingerprint density at radius 1 is 1.00 bits per heavy atom. The molecule has 0 aliphatic heterocycles. The van der Waals surface area contributed by atoms with Gasteiger partial charge in [0.1, 0.15) is 0 Å². The normalized spacial score (nSPS) is 9.58. The quantitative estimate of drug-likeness (QED) is 0.519. The molecule has 0 fully saturated rings. The summed E-state index contributed by atoms with van der Waals surface area (Å²) in [6, 6.07) is 0. The Labute approximate surface area is 75.8 Å². The van der Waals surface area contributed by atoms with Gasteiger partial charge in [-0.3, -0.25) is 0 Å². The second kappa shape index (κ2) is 8.35. The molecule has 3 heteroatoms. The van der Waals surface area contributed by atoms with Crippen LogP contribution in [0.1, 0.15) is 27.7 Å². The van der Waals surface area contributed by atoms with Crippen LogP contribution in [0.15, 0.2) is 0 Å². The van der Waals surface area contributed by atoms with Crippen LogP contribution in [0, 0.1) is 11.5 Å². The number of rotatable bonds is 4. The fourth-order valence-electron chi connectivity index (χ4n) is 1.34. The molecule has 72 valence electrons. The third-order valence-corrected chi connectivity index (χ3v) is 2.68. The molecule has 3 nitrogen and oxygen atoms in total. The van der Waals surface area contributed by atoms with E-state index < -0.39 is 0 Å². The molecule has 1 N–H and O–H groups in total. The van der Waals surface area contributed by atoms with Gasteiger partial charge in [-0.05, 0) is 27.7 Å². The molecule has 0 spiro atoms. The van der Waals surface area contributed by atoms with Crippen LogP contribution in [0.3, 0.4) is 0 Å². The predicted octanol–water partition coefficient (Wildman–Crippen LogP) is 1.72. The summed E-state index contributed by atoms with van der Waals surface area (Å²) in [5.74, 6) is 0. The average Bonchev–Trinajstić information content (AvgIpc) is 2.11. The van der Waals surface area contributed by atoms with Crippen molar-refractivity contribution in [1.82, 2.24) is 0 Å². The zero-order valence-corrected chi connectivity index (χ0v) is 8.67. The zero-order valence-electron chi connectivity index (χ0n) is 8.67. The summed E-state index contributed by atoms with van der Waals surface area (Å²) in [5.41, 5.74) is 0. The van der Waals surface area contributed by atoms with Crippen molar-refractivity contribution in [3.05, 3.63) is 0 Å². The van der Waals surface area contributed by atoms with Gasteiger partial charge in [-0.2, -0.15) is 5.26 Å². The third kappa shape index (κ3) is 4.97. The van der Waals surface area contributed by atoms with Crippen LogP contribution in [0.4, 0.5) is 0 Å². The van der Waals surface area contributed by atoms with E-state index in [1.165, 1.54) is 30.7 Å². The van der Waals surface area contributed by atoms with E-state index in [9.17, 15) is 0 Å². The monoisotopic (exact) mass is 173 g/mol. The van der Waals surface area contributed by atoms with Gasteiger partial charge < -0.3 is 9.59 Å². The summed E-state index contributed by atoms with van der Waals surface area (Å²) in [7, 11) is 0. The molecule has 0 aromatic heterocycles. The molecule has 0 saturated heterocycles. The molecule has 0 radical (unpaired) electrons. The van der Waals surface area contributed by atoms with E-state index in [2.05, 4.69) is 27.7 Å². The topological polar surface area (TPSA) is 44.0 Å². The Morgan fingerprint density at radius 3 is 1.17 bits per heavy atom. The highest BCUT2D eigenvalue weighted by Gasteiger charge is 2.16. The van der Waals surface area contributed by atoms with Gasteiger partial charge in [0.25, 0.3) is 6.26 Å². The summed E-state index contributed by atoms with van der Waals surface area (Å²) in [6.07, 6.45) is 0.750. The fraction of sp³-hybridized carbons (Fsp3) is 0.889. The minimum atomic E-state index is 0.750. The van der Waals surface area contributed by atoms with Gasteiger partial charge in [-0.15, -0.1) is 0 Å². The first kappa shape index (κ1) is 13.8. The molecule has 0 heterocycles. The Morgan fingerprint density at radius 2 is 1.17 bits per heavy atom. The van der Waals surface area contributed by atoms with Gasteiger partial charge in [-0.25, -0.2) is 0 Å². The zero-order chi connectivity index (χ0) is 10.0. The maximum atomic E-state index is 6.88. The van der Waals surface area contributed by atoms with Crippen molar-refractivity contribution in [2.24, 2.45) is 0 Å². The van der Waals surface area contributed by atoms with E-state index in [0.717, 1.165) is 6.26 Å². The van der Waals surface area contributed by atoms with Crippen LogP contribution < -0.4 is 0 Å². The number of quaternary nitrogens is 1. The largest absolute Gasteiger partial charge is 0.443 e. The highest BCUT2D eigenvalue weighted by Crippen LogP contribution is 2.03. The van der Waals surface area contributed by atoms with E-state index in [-0.39, 0.29) is 0 Å². The lowest BCUT2D eigenvalue weighted by molar-refractivity contribution is -0.921. The van der Waals surface area contributed by atoms with E-state index in [0.29, 0.717) is 0 Å². The molecule has 0 aliphatic carbocycles. The molecule has 0 aromatic rings. The average molecular weight is 173 g/mol. The first-order valence-corrected chi connectivity index (χ1v) is 4.54. The van der Waals surface area contributed by atoms with Crippen molar-refractivity contribution in [2.75, 3.05) is 26.2 Å². The van der Waals surface area contributed by atoms with Gasteiger partial charge >= 0.3 is 0 Å². The molecule has 0 aromatic carbocycles. The van der Waals surface area contributed by atoms with Crippen molar-refractivity contribution >= 4 is 0 Å². The van der Waals surface area contributed by atoms with Crippen molar-refractivity contribution < 1.29 is 9.59 Å². The molecular formula is C9H21N2O+. The number of hydrogen-bond donors (Lipinski definition) is 1. The number of aliphatic hydroxyl groups is 1. The van der Waals surface area contributed by atoms with E-state index in [1.54, 1.807) is 0 Å². The van der Waals surface area contributed by atoms with Crippen LogP contribution in [-0.2, 0) is 0 Å². The molecule has 0 bridgehead atoms. The van der Waals surface area contributed by atoms with Crippen LogP contribution in [0.25, 0.3) is 0 Å². The molecule has 0 aliphatic rings. The molecule has 0 unspecified atom stereocenters. The SMILES string of the molecule is CC[N+](CC)(CC)CC.N#CO. The number of hydrogen-bond acceptors (Lipinski definition) is 2. The predicted molar refractivity (Wildman–Crippen MR) is 50.0 cm³/mol. The highest BCUT2D eigenvalue weighted by atomic mass is 16.2. The van der Waals surface area contributed by atoms with Crippen molar-refractivity contribution in [3.8, 4) is 6.26 Å². The van der Waals surface area contributed by atoms with E-state index in [1.807, 2.05) is 0 Å². The van der Waals surface area contributed by atoms with Crippen LogP contribution in [-0.4, -0.2) is 35.8 Å². The molecular weight excluding hydrogens is 152 g/mol. The lowest BCUT2D eigenvalue weighted by Crippen LogP contribution is -2.47. The minimum absolute atomic E-state index is 0.750. The highest BCUT2D eigenvalue weighted by molar-refractivity contribution is 4.31. The van der Waals surface area contributed by atoms with Gasteiger partial charge in [0.15, 0.2) is 0 Å². The number of nitrogens with zero attached hydrogens (tertiary/aromatic N) is 2. The van der Waals surface area contributed by atoms with Crippen molar-refractivity contribution in [3.63, 3.8) is 0 Å². The molecule has 0 saturated carbocycles. The van der Waals surface area contributed by atoms with Gasteiger partial charge in [0, 0.05) is 0 Å². The Kier molecular flexibility index (Phi) is 9.61. The van der Waals surface area contributed by atoms with Crippen LogP contribution in [0.2, 0.25) is 0 Å². The first-order chi connectivity index (χ1) is 5.66. The number of aliphatic hydroxyl groups excluding tert-OH is 1. The van der Waals surface area contributed by atoms with Crippen LogP contribution >= 0.6 is 0 Å². The first-order valence-electron chi connectivity index (χ1n) is 4.54. The Balaban J connectivity index is 0. The second-order valence-corrected chi connectivity index (χ2v) is 2.71. The Bertz CT molecular complexity index is 107. The molecule has 0 atom stereocenters. The van der Waals surface area contributed by atoms with Gasteiger partial charge in [0.2, 0.25) is 0 Å². The maximum Gasteiger partial charge on any atom is 0.283 e. The molecule has 0 rings (SSSR count). The maximum absolute atomic E-state index is 6.88. The van der Waals surface area contributed by atoms with E-state index >= 15 is 0 Å². The minimum Gasteiger partial charge on any atom is -0.443 e. The fourth-order valence-corrected chi connectivity index (χ4v) is 1.34. The van der Waals surface area contributed by atoms with Gasteiger partial charge in [0.05, 0.1) is 26.2 Å². The summed E-state index contributed by atoms with van der Waals surface area (Å²) in [6.45, 7) is 14.2. The van der Waals surface area contributed by atoms with Crippen LogP contribution in [0.5, 0.6) is 0 Å². The summed E-state index contributed by atoms with van der Waals surface area (Å²) >= 11 is 0. The summed E-state index contributed by atoms with van der Waals surface area (Å²) in [4.78, 5) is 0. The lowest BCUT2D eigenvalue weighted by Gasteiger charge is -2.34. The molecule has 12 heavy (non-hydrogen) atoms.